The number of likely N-dealkylation sites (tertiary alicyclic amines) is 1. The van der Waals surface area contributed by atoms with Gasteiger partial charge < -0.3 is 5.11 Å². The zero-order valence-electron chi connectivity index (χ0n) is 11.0. The summed E-state index contributed by atoms with van der Waals surface area (Å²) in [5, 5.41) is 9.52. The zero-order valence-corrected chi connectivity index (χ0v) is 11.8. The van der Waals surface area contributed by atoms with Crippen molar-refractivity contribution in [1.29, 1.82) is 0 Å². The second-order valence-electron chi connectivity index (χ2n) is 5.31. The second-order valence-corrected chi connectivity index (χ2v) is 5.74. The molecule has 0 radical (unpaired) electrons. The fourth-order valence-electron chi connectivity index (χ4n) is 2.75. The summed E-state index contributed by atoms with van der Waals surface area (Å²) in [6, 6.07) is 7.95. The molecule has 2 rings (SSSR count). The summed E-state index contributed by atoms with van der Waals surface area (Å²) in [6.45, 7) is 3.00. The third kappa shape index (κ3) is 4.84. The number of piperidine rings is 1. The molecule has 1 aromatic carbocycles. The number of hydrogen-bond donors (Lipinski definition) is 1. The molecule has 4 heteroatoms. The lowest BCUT2D eigenvalue weighted by Gasteiger charge is -2.32. The lowest BCUT2D eigenvalue weighted by molar-refractivity contribution is -0.137. The van der Waals surface area contributed by atoms with Gasteiger partial charge in [0.1, 0.15) is 0 Å². The Balaban J connectivity index is 1.85. The van der Waals surface area contributed by atoms with Crippen molar-refractivity contribution in [3.63, 3.8) is 0 Å². The Morgan fingerprint density at radius 2 is 2.32 bits per heavy atom. The Bertz CT molecular complexity index is 436. The third-order valence-corrected chi connectivity index (χ3v) is 3.90. The highest BCUT2D eigenvalue weighted by Gasteiger charge is 2.20. The van der Waals surface area contributed by atoms with Crippen molar-refractivity contribution in [2.45, 2.75) is 32.2 Å². The van der Waals surface area contributed by atoms with E-state index in [1.54, 1.807) is 0 Å². The van der Waals surface area contributed by atoms with E-state index in [4.69, 9.17) is 16.7 Å². The van der Waals surface area contributed by atoms with Crippen LogP contribution in [0.1, 0.15) is 31.2 Å². The molecular weight excluding hydrogens is 262 g/mol. The van der Waals surface area contributed by atoms with Crippen LogP contribution < -0.4 is 0 Å². The average Bonchev–Trinajstić information content (AvgIpc) is 2.37. The standard InChI is InChI=1S/C15H20ClNO2/c16-14-5-1-3-13(9-14)11-17-8-2-4-12(10-17)6-7-15(18)19/h1,3,5,9,12H,2,4,6-8,10-11H2,(H,18,19). The lowest BCUT2D eigenvalue weighted by atomic mass is 9.93. The van der Waals surface area contributed by atoms with Crippen LogP contribution in [0.5, 0.6) is 0 Å². The molecule has 0 bridgehead atoms. The molecule has 0 aromatic heterocycles. The van der Waals surface area contributed by atoms with Gasteiger partial charge in [0.15, 0.2) is 0 Å². The summed E-state index contributed by atoms with van der Waals surface area (Å²) in [7, 11) is 0. The summed E-state index contributed by atoms with van der Waals surface area (Å²) in [5.41, 5.74) is 1.23. The summed E-state index contributed by atoms with van der Waals surface area (Å²) in [4.78, 5) is 13.0. The Hall–Kier alpha value is -1.06. The minimum Gasteiger partial charge on any atom is -0.481 e. The van der Waals surface area contributed by atoms with Gasteiger partial charge in [-0.15, -0.1) is 0 Å². The zero-order chi connectivity index (χ0) is 13.7. The van der Waals surface area contributed by atoms with Gasteiger partial charge in [0.25, 0.3) is 0 Å². The van der Waals surface area contributed by atoms with Crippen molar-refractivity contribution in [3.05, 3.63) is 34.9 Å². The molecule has 1 aromatic rings. The van der Waals surface area contributed by atoms with E-state index >= 15 is 0 Å². The number of aliphatic carboxylic acids is 1. The highest BCUT2D eigenvalue weighted by molar-refractivity contribution is 6.30. The minimum atomic E-state index is -0.688. The Morgan fingerprint density at radius 3 is 3.05 bits per heavy atom. The van der Waals surface area contributed by atoms with Crippen LogP contribution in [-0.2, 0) is 11.3 Å². The smallest absolute Gasteiger partial charge is 0.303 e. The van der Waals surface area contributed by atoms with E-state index < -0.39 is 5.97 Å². The van der Waals surface area contributed by atoms with Crippen molar-refractivity contribution in [1.82, 2.24) is 4.90 Å². The molecule has 1 heterocycles. The minimum absolute atomic E-state index is 0.287. The van der Waals surface area contributed by atoms with Crippen molar-refractivity contribution in [2.24, 2.45) is 5.92 Å². The van der Waals surface area contributed by atoms with Crippen LogP contribution in [0.3, 0.4) is 0 Å². The maximum absolute atomic E-state index is 10.6. The number of carboxylic acids is 1. The average molecular weight is 282 g/mol. The monoisotopic (exact) mass is 281 g/mol. The SMILES string of the molecule is O=C(O)CCC1CCCN(Cc2cccc(Cl)c2)C1. The van der Waals surface area contributed by atoms with E-state index in [1.807, 2.05) is 18.2 Å². The Kier molecular flexibility index (Phi) is 5.23. The molecule has 1 saturated heterocycles. The molecule has 0 spiro atoms. The van der Waals surface area contributed by atoms with Gasteiger partial charge in [0.05, 0.1) is 0 Å². The largest absolute Gasteiger partial charge is 0.481 e. The van der Waals surface area contributed by atoms with Crippen LogP contribution in [0.25, 0.3) is 0 Å². The Labute approximate surface area is 119 Å². The molecule has 1 N–H and O–H groups in total. The number of hydrogen-bond acceptors (Lipinski definition) is 2. The first-order chi connectivity index (χ1) is 9.13. The molecule has 0 amide bonds. The third-order valence-electron chi connectivity index (χ3n) is 3.66. The van der Waals surface area contributed by atoms with Crippen LogP contribution in [0, 0.1) is 5.92 Å². The lowest BCUT2D eigenvalue weighted by Crippen LogP contribution is -2.35. The first kappa shape index (κ1) is 14.4. The van der Waals surface area contributed by atoms with Crippen LogP contribution in [-0.4, -0.2) is 29.1 Å². The van der Waals surface area contributed by atoms with Gasteiger partial charge in [0, 0.05) is 24.5 Å². The number of carbonyl (C=O) groups is 1. The molecule has 0 aliphatic carbocycles. The number of carboxylic acid groups (broad SMARTS) is 1. The maximum Gasteiger partial charge on any atom is 0.303 e. The van der Waals surface area contributed by atoms with Crippen molar-refractivity contribution >= 4 is 17.6 Å². The molecule has 1 fully saturated rings. The first-order valence-electron chi connectivity index (χ1n) is 6.82. The quantitative estimate of drug-likeness (QED) is 0.899. The first-order valence-corrected chi connectivity index (χ1v) is 7.20. The molecule has 0 saturated carbocycles. The molecule has 3 nitrogen and oxygen atoms in total. The van der Waals surface area contributed by atoms with Crippen LogP contribution in [0.4, 0.5) is 0 Å². The van der Waals surface area contributed by atoms with Gasteiger partial charge >= 0.3 is 5.97 Å². The fraction of sp³-hybridized carbons (Fsp3) is 0.533. The molecule has 1 aliphatic heterocycles. The number of rotatable bonds is 5. The highest BCUT2D eigenvalue weighted by atomic mass is 35.5. The summed E-state index contributed by atoms with van der Waals surface area (Å²) in [5.74, 6) is -0.170. The van der Waals surface area contributed by atoms with Gasteiger partial charge in [-0.2, -0.15) is 0 Å². The molecule has 104 valence electrons. The summed E-state index contributed by atoms with van der Waals surface area (Å²) >= 11 is 5.99. The molecule has 1 aliphatic rings. The fourth-order valence-corrected chi connectivity index (χ4v) is 2.96. The predicted octanol–water partition coefficient (Wildman–Crippen LogP) is 3.42. The Morgan fingerprint density at radius 1 is 1.47 bits per heavy atom. The van der Waals surface area contributed by atoms with E-state index in [1.165, 1.54) is 5.56 Å². The molecule has 1 atom stereocenters. The van der Waals surface area contributed by atoms with Crippen molar-refractivity contribution < 1.29 is 9.90 Å². The van der Waals surface area contributed by atoms with E-state index in [0.29, 0.717) is 5.92 Å². The topological polar surface area (TPSA) is 40.5 Å². The van der Waals surface area contributed by atoms with Gasteiger partial charge in [-0.3, -0.25) is 9.69 Å². The summed E-state index contributed by atoms with van der Waals surface area (Å²) < 4.78 is 0. The highest BCUT2D eigenvalue weighted by Crippen LogP contribution is 2.23. The van der Waals surface area contributed by atoms with Gasteiger partial charge in [-0.25, -0.2) is 0 Å². The number of nitrogens with zero attached hydrogens (tertiary/aromatic N) is 1. The van der Waals surface area contributed by atoms with Gasteiger partial charge in [-0.1, -0.05) is 23.7 Å². The van der Waals surface area contributed by atoms with Crippen molar-refractivity contribution in [2.75, 3.05) is 13.1 Å². The van der Waals surface area contributed by atoms with Crippen molar-refractivity contribution in [3.8, 4) is 0 Å². The van der Waals surface area contributed by atoms with E-state index in [9.17, 15) is 4.79 Å². The van der Waals surface area contributed by atoms with Gasteiger partial charge in [0.2, 0.25) is 0 Å². The number of benzene rings is 1. The maximum atomic E-state index is 10.6. The van der Waals surface area contributed by atoms with Crippen LogP contribution >= 0.6 is 11.6 Å². The van der Waals surface area contributed by atoms with Crippen LogP contribution in [0.15, 0.2) is 24.3 Å². The predicted molar refractivity (Wildman–Crippen MR) is 76.3 cm³/mol. The van der Waals surface area contributed by atoms with Gasteiger partial charge in [-0.05, 0) is 49.4 Å². The van der Waals surface area contributed by atoms with E-state index in [2.05, 4.69) is 11.0 Å². The second kappa shape index (κ2) is 6.92. The number of halogens is 1. The summed E-state index contributed by atoms with van der Waals surface area (Å²) in [6.07, 6.45) is 3.39. The molecule has 19 heavy (non-hydrogen) atoms. The van der Waals surface area contributed by atoms with E-state index in [0.717, 1.165) is 43.9 Å². The normalized spacial score (nSPS) is 20.4. The van der Waals surface area contributed by atoms with Crippen LogP contribution in [0.2, 0.25) is 5.02 Å². The van der Waals surface area contributed by atoms with E-state index in [-0.39, 0.29) is 6.42 Å². The molecular formula is C15H20ClNO2. The molecule has 1 unspecified atom stereocenters.